The van der Waals surface area contributed by atoms with Crippen molar-refractivity contribution in [2.24, 2.45) is 0 Å². The number of fused-ring (bicyclic) bond motifs is 1. The number of hydrogen-bond acceptors (Lipinski definition) is 3. The first kappa shape index (κ1) is 19.3. The number of ether oxygens (including phenoxy) is 2. The maximum Gasteiger partial charge on any atom is 0.119 e. The van der Waals surface area contributed by atoms with Crippen molar-refractivity contribution in [1.29, 1.82) is 5.26 Å². The van der Waals surface area contributed by atoms with Crippen molar-refractivity contribution in [1.82, 2.24) is 0 Å². The molecule has 0 aromatic heterocycles. The van der Waals surface area contributed by atoms with Crippen LogP contribution in [0.25, 0.3) is 0 Å². The van der Waals surface area contributed by atoms with E-state index in [1.54, 1.807) is 14.2 Å². The fourth-order valence-electron chi connectivity index (χ4n) is 4.52. The molecule has 3 heteroatoms. The minimum absolute atomic E-state index is 0.0838. The van der Waals surface area contributed by atoms with Crippen LogP contribution in [-0.2, 0) is 11.8 Å². The van der Waals surface area contributed by atoms with E-state index in [4.69, 9.17) is 14.7 Å². The van der Waals surface area contributed by atoms with Crippen LogP contribution in [0.3, 0.4) is 0 Å². The van der Waals surface area contributed by atoms with Gasteiger partial charge >= 0.3 is 0 Å². The number of nitrogens with zero attached hydrogens (tertiary/aromatic N) is 1. The van der Waals surface area contributed by atoms with E-state index in [1.165, 1.54) is 16.7 Å². The highest BCUT2D eigenvalue weighted by molar-refractivity contribution is 5.45. The average molecular weight is 364 g/mol. The summed E-state index contributed by atoms with van der Waals surface area (Å²) in [6.07, 6.45) is 5.96. The van der Waals surface area contributed by atoms with Crippen LogP contribution in [-0.4, -0.2) is 14.2 Å². The molecular formula is C24H29NO2. The van der Waals surface area contributed by atoms with Crippen molar-refractivity contribution in [2.45, 2.75) is 56.8 Å². The lowest BCUT2D eigenvalue weighted by Gasteiger charge is -2.44. The van der Waals surface area contributed by atoms with Gasteiger partial charge in [-0.2, -0.15) is 5.26 Å². The predicted octanol–water partition coefficient (Wildman–Crippen LogP) is 5.78. The third kappa shape index (κ3) is 3.95. The minimum Gasteiger partial charge on any atom is -0.497 e. The maximum atomic E-state index is 8.87. The topological polar surface area (TPSA) is 42.2 Å². The lowest BCUT2D eigenvalue weighted by atomic mass is 9.60. The molecule has 27 heavy (non-hydrogen) atoms. The molecule has 0 heterocycles. The Morgan fingerprint density at radius 2 is 1.74 bits per heavy atom. The third-order valence-electron chi connectivity index (χ3n) is 6.19. The molecule has 3 nitrogen and oxygen atoms in total. The van der Waals surface area contributed by atoms with Crippen molar-refractivity contribution in [3.63, 3.8) is 0 Å². The van der Waals surface area contributed by atoms with Crippen LogP contribution >= 0.6 is 0 Å². The van der Waals surface area contributed by atoms with Crippen LogP contribution in [0, 0.1) is 11.3 Å². The molecule has 2 aromatic rings. The fourth-order valence-corrected chi connectivity index (χ4v) is 4.52. The van der Waals surface area contributed by atoms with E-state index in [1.807, 2.05) is 0 Å². The lowest BCUT2D eigenvalue weighted by Crippen LogP contribution is -2.35. The molecular weight excluding hydrogens is 334 g/mol. The van der Waals surface area contributed by atoms with Gasteiger partial charge in [-0.1, -0.05) is 31.5 Å². The Labute approximate surface area is 162 Å². The van der Waals surface area contributed by atoms with Gasteiger partial charge in [0.1, 0.15) is 11.5 Å². The van der Waals surface area contributed by atoms with E-state index >= 15 is 0 Å². The number of hydrogen-bond donors (Lipinski definition) is 0. The van der Waals surface area contributed by atoms with Gasteiger partial charge < -0.3 is 9.47 Å². The second-order valence-electron chi connectivity index (χ2n) is 7.67. The van der Waals surface area contributed by atoms with Crippen LogP contribution < -0.4 is 9.47 Å². The van der Waals surface area contributed by atoms with Crippen molar-refractivity contribution >= 4 is 0 Å². The summed E-state index contributed by atoms with van der Waals surface area (Å²) in [4.78, 5) is 0. The van der Waals surface area contributed by atoms with E-state index in [0.717, 1.165) is 43.6 Å². The predicted molar refractivity (Wildman–Crippen MR) is 108 cm³/mol. The van der Waals surface area contributed by atoms with Crippen molar-refractivity contribution < 1.29 is 9.47 Å². The number of rotatable bonds is 7. The Morgan fingerprint density at radius 3 is 2.41 bits per heavy atom. The molecule has 0 fully saturated rings. The number of aryl methyl sites for hydroxylation is 1. The number of benzene rings is 2. The van der Waals surface area contributed by atoms with Crippen molar-refractivity contribution in [3.8, 4) is 17.6 Å². The number of unbranched alkanes of at least 4 members (excludes halogenated alkanes) is 2. The summed E-state index contributed by atoms with van der Waals surface area (Å²) in [5.41, 5.74) is 4.30. The molecule has 2 atom stereocenters. The van der Waals surface area contributed by atoms with Gasteiger partial charge in [-0.25, -0.2) is 0 Å². The first-order chi connectivity index (χ1) is 13.1. The Balaban J connectivity index is 1.96. The molecule has 0 amide bonds. The smallest absolute Gasteiger partial charge is 0.119 e. The summed E-state index contributed by atoms with van der Waals surface area (Å²) in [6, 6.07) is 17.4. The van der Waals surface area contributed by atoms with Gasteiger partial charge in [-0.15, -0.1) is 0 Å². The van der Waals surface area contributed by atoms with E-state index in [0.29, 0.717) is 12.3 Å². The largest absolute Gasteiger partial charge is 0.497 e. The van der Waals surface area contributed by atoms with Gasteiger partial charge in [0.15, 0.2) is 0 Å². The first-order valence-electron chi connectivity index (χ1n) is 9.80. The summed E-state index contributed by atoms with van der Waals surface area (Å²) >= 11 is 0. The highest BCUT2D eigenvalue weighted by atomic mass is 16.5. The van der Waals surface area contributed by atoms with Gasteiger partial charge in [0.05, 0.1) is 20.3 Å². The zero-order chi connectivity index (χ0) is 19.3. The van der Waals surface area contributed by atoms with E-state index in [9.17, 15) is 0 Å². The first-order valence-corrected chi connectivity index (χ1v) is 9.80. The molecule has 1 aliphatic carbocycles. The fraction of sp³-hybridized carbons (Fsp3) is 0.458. The average Bonchev–Trinajstić information content (AvgIpc) is 2.72. The van der Waals surface area contributed by atoms with Gasteiger partial charge in [0, 0.05) is 6.42 Å². The molecule has 0 spiro atoms. The molecule has 2 unspecified atom stereocenters. The highest BCUT2D eigenvalue weighted by Crippen LogP contribution is 2.50. The van der Waals surface area contributed by atoms with Crippen molar-refractivity contribution in [2.75, 3.05) is 14.2 Å². The van der Waals surface area contributed by atoms with E-state index in [-0.39, 0.29) is 5.41 Å². The quantitative estimate of drug-likeness (QED) is 0.586. The minimum atomic E-state index is 0.0838. The van der Waals surface area contributed by atoms with Gasteiger partial charge in [-0.05, 0) is 78.0 Å². The molecule has 0 saturated heterocycles. The second kappa shape index (κ2) is 8.48. The molecule has 142 valence electrons. The normalized spacial score (nSPS) is 21.2. The molecule has 0 radical (unpaired) electrons. The Morgan fingerprint density at radius 1 is 1.04 bits per heavy atom. The molecule has 0 aliphatic heterocycles. The van der Waals surface area contributed by atoms with Crippen LogP contribution in [0.15, 0.2) is 42.5 Å². The molecule has 0 bridgehead atoms. The van der Waals surface area contributed by atoms with Crippen molar-refractivity contribution in [3.05, 3.63) is 59.2 Å². The summed E-state index contributed by atoms with van der Waals surface area (Å²) < 4.78 is 10.8. The molecule has 3 rings (SSSR count). The Kier molecular flexibility index (Phi) is 6.06. The van der Waals surface area contributed by atoms with Crippen LogP contribution in [0.2, 0.25) is 0 Å². The molecule has 2 aromatic carbocycles. The van der Waals surface area contributed by atoms with Crippen LogP contribution in [0.1, 0.15) is 61.6 Å². The second-order valence-corrected chi connectivity index (χ2v) is 7.67. The number of methoxy groups -OCH3 is 2. The monoisotopic (exact) mass is 363 g/mol. The van der Waals surface area contributed by atoms with Gasteiger partial charge in [-0.3, -0.25) is 0 Å². The number of nitriles is 1. The Hall–Kier alpha value is -2.47. The zero-order valence-electron chi connectivity index (χ0n) is 16.6. The summed E-state index contributed by atoms with van der Waals surface area (Å²) in [6.45, 7) is 2.40. The van der Waals surface area contributed by atoms with E-state index < -0.39 is 0 Å². The zero-order valence-corrected chi connectivity index (χ0v) is 16.6. The third-order valence-corrected chi connectivity index (χ3v) is 6.19. The lowest BCUT2D eigenvalue weighted by molar-refractivity contribution is 0.305. The Bertz CT molecular complexity index is 806. The summed E-state index contributed by atoms with van der Waals surface area (Å²) in [5, 5.41) is 8.87. The maximum absolute atomic E-state index is 8.87. The highest BCUT2D eigenvalue weighted by Gasteiger charge is 2.40. The molecule has 1 aliphatic rings. The van der Waals surface area contributed by atoms with Crippen LogP contribution in [0.4, 0.5) is 0 Å². The van der Waals surface area contributed by atoms with Gasteiger partial charge in [0.2, 0.25) is 0 Å². The summed E-state index contributed by atoms with van der Waals surface area (Å²) in [5.74, 6) is 2.28. The molecule has 0 N–H and O–H groups in total. The van der Waals surface area contributed by atoms with Gasteiger partial charge in [0.25, 0.3) is 0 Å². The summed E-state index contributed by atoms with van der Waals surface area (Å²) in [7, 11) is 3.43. The van der Waals surface area contributed by atoms with E-state index in [2.05, 4.69) is 55.5 Å². The standard InChI is InChI=1S/C24H29NO2/c1-24(19-8-10-20(26-2)11-9-19)15-14-18-17-21(27-3)12-13-22(18)23(24)7-5-4-6-16-25/h8-13,17,23H,4-7,14-15H2,1-3H3. The molecule has 0 saturated carbocycles. The SMILES string of the molecule is COc1ccc(C2(C)CCc3cc(OC)ccc3C2CCCCC#N)cc1. The van der Waals surface area contributed by atoms with Crippen LogP contribution in [0.5, 0.6) is 11.5 Å².